The molecule has 0 aliphatic carbocycles. The second kappa shape index (κ2) is 21.6. The third-order valence-corrected chi connectivity index (χ3v) is 12.5. The van der Waals surface area contributed by atoms with E-state index in [1.807, 2.05) is 34.1 Å². The number of rotatable bonds is 22. The van der Waals surface area contributed by atoms with E-state index in [0.717, 1.165) is 95.2 Å². The van der Waals surface area contributed by atoms with E-state index in [9.17, 15) is 0 Å². The summed E-state index contributed by atoms with van der Waals surface area (Å²) < 4.78 is 0. The van der Waals surface area contributed by atoms with E-state index in [2.05, 4.69) is 169 Å². The molecule has 0 bridgehead atoms. The van der Waals surface area contributed by atoms with E-state index >= 15 is 9.59 Å². The van der Waals surface area contributed by atoms with Crippen molar-refractivity contribution in [2.45, 2.75) is 90.9 Å². The number of benzene rings is 6. The summed E-state index contributed by atoms with van der Waals surface area (Å²) in [5, 5.41) is 0. The lowest BCUT2D eigenvalue weighted by atomic mass is 10.0. The SMILES string of the molecule is CCCCCCCCN1C(=O)C2=C(c3ccc(N(c4ccccc4)c4ccccc4)cc3)N(CCCCCCCC)C(=O)C2=C1c1ccc(N(c2ccccc2)c2ccccc2)cc1. The number of anilines is 6. The molecule has 6 nitrogen and oxygen atoms in total. The Morgan fingerprint density at radius 3 is 0.891 bits per heavy atom. The van der Waals surface area contributed by atoms with Gasteiger partial charge in [0.2, 0.25) is 0 Å². The van der Waals surface area contributed by atoms with Crippen molar-refractivity contribution in [3.05, 3.63) is 192 Å². The molecule has 8 rings (SSSR count). The Bertz CT molecular complexity index is 2240. The molecule has 0 spiro atoms. The zero-order chi connectivity index (χ0) is 44.1. The monoisotopic (exact) mass is 846 g/mol. The molecular weight excluding hydrogens is 785 g/mol. The van der Waals surface area contributed by atoms with Crippen LogP contribution in [0.15, 0.2) is 181 Å². The predicted octanol–water partition coefficient (Wildman–Crippen LogP) is 15.2. The van der Waals surface area contributed by atoms with Crippen LogP contribution in [-0.4, -0.2) is 34.7 Å². The van der Waals surface area contributed by atoms with Gasteiger partial charge in [0.1, 0.15) is 0 Å². The molecule has 6 aromatic rings. The fourth-order valence-electron chi connectivity index (χ4n) is 9.26. The number of fused-ring (bicyclic) bond motifs is 1. The largest absolute Gasteiger partial charge is 0.311 e. The molecule has 326 valence electrons. The highest BCUT2D eigenvalue weighted by Crippen LogP contribution is 2.48. The van der Waals surface area contributed by atoms with E-state index in [1.54, 1.807) is 0 Å². The first-order chi connectivity index (χ1) is 31.6. The van der Waals surface area contributed by atoms with Crippen LogP contribution in [-0.2, 0) is 9.59 Å². The van der Waals surface area contributed by atoms with E-state index in [0.29, 0.717) is 24.2 Å². The number of hydrogen-bond acceptors (Lipinski definition) is 4. The number of amides is 2. The third-order valence-electron chi connectivity index (χ3n) is 12.5. The van der Waals surface area contributed by atoms with Gasteiger partial charge in [-0.15, -0.1) is 0 Å². The highest BCUT2D eigenvalue weighted by Gasteiger charge is 2.48. The maximum Gasteiger partial charge on any atom is 0.261 e. The molecule has 6 heteroatoms. The van der Waals surface area contributed by atoms with E-state index in [4.69, 9.17) is 0 Å². The molecule has 0 N–H and O–H groups in total. The van der Waals surface area contributed by atoms with Crippen molar-refractivity contribution in [3.63, 3.8) is 0 Å². The maximum absolute atomic E-state index is 15.2. The van der Waals surface area contributed by atoms with Crippen LogP contribution in [0.3, 0.4) is 0 Å². The molecular formula is C58H62N4O2. The van der Waals surface area contributed by atoms with Gasteiger partial charge in [-0.1, -0.05) is 175 Å². The van der Waals surface area contributed by atoms with Gasteiger partial charge >= 0.3 is 0 Å². The summed E-state index contributed by atoms with van der Waals surface area (Å²) in [7, 11) is 0. The molecule has 0 saturated carbocycles. The Labute approximate surface area is 381 Å². The Morgan fingerprint density at radius 2 is 0.594 bits per heavy atom. The molecule has 0 unspecified atom stereocenters. The van der Waals surface area contributed by atoms with Crippen LogP contribution in [0.2, 0.25) is 0 Å². The van der Waals surface area contributed by atoms with Crippen LogP contribution in [0, 0.1) is 0 Å². The number of carbonyl (C=O) groups is 2. The summed E-state index contributed by atoms with van der Waals surface area (Å²) in [5.41, 5.74) is 10.5. The van der Waals surface area contributed by atoms with Gasteiger partial charge in [-0.2, -0.15) is 0 Å². The fourth-order valence-corrected chi connectivity index (χ4v) is 9.26. The second-order valence-electron chi connectivity index (χ2n) is 17.0. The van der Waals surface area contributed by atoms with Crippen LogP contribution >= 0.6 is 0 Å². The molecule has 2 aliphatic heterocycles. The molecule has 0 fully saturated rings. The zero-order valence-electron chi connectivity index (χ0n) is 37.7. The van der Waals surface area contributed by atoms with Crippen LogP contribution in [0.25, 0.3) is 11.4 Å². The molecule has 2 amide bonds. The molecule has 0 saturated heterocycles. The van der Waals surface area contributed by atoms with E-state index < -0.39 is 0 Å². The van der Waals surface area contributed by atoms with Crippen molar-refractivity contribution >= 4 is 57.3 Å². The topological polar surface area (TPSA) is 47.1 Å². The Balaban J connectivity index is 1.21. The second-order valence-corrected chi connectivity index (χ2v) is 17.0. The first-order valence-corrected chi connectivity index (χ1v) is 23.7. The minimum Gasteiger partial charge on any atom is -0.311 e. The average molecular weight is 847 g/mol. The molecule has 0 atom stereocenters. The lowest BCUT2D eigenvalue weighted by molar-refractivity contribution is -0.124. The number of para-hydroxylation sites is 4. The average Bonchev–Trinajstić information content (AvgIpc) is 3.79. The normalized spacial score (nSPS) is 13.6. The predicted molar refractivity (Wildman–Crippen MR) is 266 cm³/mol. The third kappa shape index (κ3) is 9.77. The molecule has 64 heavy (non-hydrogen) atoms. The summed E-state index contributed by atoms with van der Waals surface area (Å²) in [6, 6.07) is 58.4. The smallest absolute Gasteiger partial charge is 0.261 e. The van der Waals surface area contributed by atoms with Gasteiger partial charge in [-0.25, -0.2) is 0 Å². The van der Waals surface area contributed by atoms with Crippen LogP contribution in [0.1, 0.15) is 102 Å². The Hall–Kier alpha value is -6.66. The standard InChI is InChI=1S/C58H62N4O2/c1-3-5-7-9-11-25-43-59-55(45-35-39-51(40-36-45)61(47-27-17-13-18-28-47)48-29-19-14-20-30-48)53-54(57(59)63)56(60(58(53)64)44-26-12-10-8-6-4-2)46-37-41-52(42-38-46)62(49-31-21-15-22-32-49)50-33-23-16-24-34-50/h13-24,27-42H,3-12,25-26,43-44H2,1-2H3. The van der Waals surface area contributed by atoms with Gasteiger partial charge in [-0.05, 0) is 96.8 Å². The van der Waals surface area contributed by atoms with Gasteiger partial charge < -0.3 is 19.6 Å². The van der Waals surface area contributed by atoms with Crippen LogP contribution in [0.5, 0.6) is 0 Å². The quantitative estimate of drug-likeness (QED) is 0.0639. The molecule has 2 heterocycles. The summed E-state index contributed by atoms with van der Waals surface area (Å²) in [5.74, 6) is -0.156. The minimum atomic E-state index is -0.0779. The van der Waals surface area contributed by atoms with E-state index in [1.165, 1.54) is 38.5 Å². The first kappa shape index (κ1) is 44.0. The number of unbranched alkanes of at least 4 members (excludes halogenated alkanes) is 10. The summed E-state index contributed by atoms with van der Waals surface area (Å²) in [6.07, 6.45) is 13.3. The minimum absolute atomic E-state index is 0.0779. The van der Waals surface area contributed by atoms with Gasteiger partial charge in [-0.3, -0.25) is 9.59 Å². The number of hydrogen-bond donors (Lipinski definition) is 0. The van der Waals surface area contributed by atoms with Gasteiger partial charge in [0, 0.05) is 47.2 Å². The van der Waals surface area contributed by atoms with Crippen LogP contribution < -0.4 is 9.80 Å². The summed E-state index contributed by atoms with van der Waals surface area (Å²) in [6.45, 7) is 5.60. The molecule has 0 radical (unpaired) electrons. The Morgan fingerprint density at radius 1 is 0.328 bits per heavy atom. The van der Waals surface area contributed by atoms with Crippen molar-refractivity contribution in [1.82, 2.24) is 9.80 Å². The molecule has 2 aliphatic rings. The number of carbonyl (C=O) groups excluding carboxylic acids is 2. The van der Waals surface area contributed by atoms with Gasteiger partial charge in [0.05, 0.1) is 22.5 Å². The fraction of sp³-hybridized carbons (Fsp3) is 0.276. The molecule has 6 aromatic carbocycles. The highest BCUT2D eigenvalue weighted by molar-refractivity contribution is 6.30. The number of nitrogens with zero attached hydrogens (tertiary/aromatic N) is 4. The first-order valence-electron chi connectivity index (χ1n) is 23.7. The summed E-state index contributed by atoms with van der Waals surface area (Å²) >= 11 is 0. The summed E-state index contributed by atoms with van der Waals surface area (Å²) in [4.78, 5) is 38.7. The van der Waals surface area contributed by atoms with Crippen molar-refractivity contribution < 1.29 is 9.59 Å². The van der Waals surface area contributed by atoms with Crippen molar-refractivity contribution in [2.24, 2.45) is 0 Å². The van der Waals surface area contributed by atoms with E-state index in [-0.39, 0.29) is 11.8 Å². The highest BCUT2D eigenvalue weighted by atomic mass is 16.2. The van der Waals surface area contributed by atoms with Crippen molar-refractivity contribution in [1.29, 1.82) is 0 Å². The Kier molecular flexibility index (Phi) is 14.9. The maximum atomic E-state index is 15.2. The lowest BCUT2D eigenvalue weighted by Crippen LogP contribution is -2.31. The van der Waals surface area contributed by atoms with Crippen molar-refractivity contribution in [2.75, 3.05) is 22.9 Å². The zero-order valence-corrected chi connectivity index (χ0v) is 37.7. The van der Waals surface area contributed by atoms with Gasteiger partial charge in [0.15, 0.2) is 0 Å². The van der Waals surface area contributed by atoms with Crippen molar-refractivity contribution in [3.8, 4) is 0 Å². The lowest BCUT2D eigenvalue weighted by Gasteiger charge is -2.27. The van der Waals surface area contributed by atoms with Gasteiger partial charge in [0.25, 0.3) is 11.8 Å². The van der Waals surface area contributed by atoms with Crippen LogP contribution in [0.4, 0.5) is 34.1 Å². The molecule has 0 aromatic heterocycles.